The van der Waals surface area contributed by atoms with Gasteiger partial charge in [-0.15, -0.1) is 0 Å². The smallest absolute Gasteiger partial charge is 0.0648 e. The van der Waals surface area contributed by atoms with Crippen LogP contribution in [-0.4, -0.2) is 21.9 Å². The molecule has 8 unspecified atom stereocenters. The fourth-order valence-electron chi connectivity index (χ4n) is 9.90. The van der Waals surface area contributed by atoms with Gasteiger partial charge in [-0.25, -0.2) is 0 Å². The first-order valence-corrected chi connectivity index (χ1v) is 14.6. The highest BCUT2D eigenvalue weighted by molar-refractivity contribution is 5.26. The van der Waals surface area contributed by atoms with Gasteiger partial charge >= 0.3 is 0 Å². The van der Waals surface area contributed by atoms with Crippen LogP contribution >= 0.6 is 0 Å². The van der Waals surface area contributed by atoms with E-state index in [4.69, 9.17) is 0 Å². The normalized spacial score (nSPS) is 48.4. The zero-order chi connectivity index (χ0) is 23.6. The van der Waals surface area contributed by atoms with E-state index in [2.05, 4.69) is 40.7 Å². The standard InChI is InChI=1S/C31H52O2/c1-21-19-23-20-24(32)10-13-30(23,5)26-11-14-29(4)22(8-9-25(29)27(21)26)7-6-12-31(33)17-15-28(2,3)16-18-31/h19,21-22,24-27,32-33H,6-18,20H2,1-5H3. The number of aliphatic hydroxyl groups excluding tert-OH is 1. The molecule has 0 bridgehead atoms. The fourth-order valence-corrected chi connectivity index (χ4v) is 9.90. The Morgan fingerprint density at radius 3 is 2.33 bits per heavy atom. The van der Waals surface area contributed by atoms with Gasteiger partial charge in [0.25, 0.3) is 0 Å². The van der Waals surface area contributed by atoms with E-state index in [1.165, 1.54) is 57.8 Å². The van der Waals surface area contributed by atoms with Crippen LogP contribution in [0.15, 0.2) is 11.6 Å². The van der Waals surface area contributed by atoms with E-state index in [1.807, 2.05) is 0 Å². The molecule has 0 aromatic heterocycles. The van der Waals surface area contributed by atoms with E-state index in [9.17, 15) is 10.2 Å². The van der Waals surface area contributed by atoms with E-state index in [-0.39, 0.29) is 11.7 Å². The van der Waals surface area contributed by atoms with Gasteiger partial charge in [0.2, 0.25) is 0 Å². The average molecular weight is 457 g/mol. The van der Waals surface area contributed by atoms with Crippen LogP contribution in [0.3, 0.4) is 0 Å². The zero-order valence-corrected chi connectivity index (χ0v) is 22.3. The summed E-state index contributed by atoms with van der Waals surface area (Å²) in [5, 5.41) is 21.5. The molecule has 0 aromatic carbocycles. The van der Waals surface area contributed by atoms with Gasteiger partial charge in [-0.05, 0) is 129 Å². The summed E-state index contributed by atoms with van der Waals surface area (Å²) in [6, 6.07) is 0. The maximum atomic E-state index is 11.2. The molecule has 2 N–H and O–H groups in total. The molecule has 0 radical (unpaired) electrons. The summed E-state index contributed by atoms with van der Waals surface area (Å²) in [6.07, 6.45) is 19.2. The van der Waals surface area contributed by atoms with E-state index >= 15 is 0 Å². The number of aliphatic hydroxyl groups is 2. The monoisotopic (exact) mass is 456 g/mol. The number of hydrogen-bond donors (Lipinski definition) is 2. The van der Waals surface area contributed by atoms with Crippen molar-refractivity contribution in [2.75, 3.05) is 0 Å². The van der Waals surface area contributed by atoms with Crippen molar-refractivity contribution in [2.24, 2.45) is 45.8 Å². The average Bonchev–Trinajstić information content (AvgIpc) is 3.08. The molecule has 0 heterocycles. The molecule has 2 heteroatoms. The van der Waals surface area contributed by atoms with Gasteiger partial charge in [0.05, 0.1) is 11.7 Å². The number of allylic oxidation sites excluding steroid dienone is 1. The van der Waals surface area contributed by atoms with Gasteiger partial charge in [0.1, 0.15) is 0 Å². The third-order valence-corrected chi connectivity index (χ3v) is 12.3. The molecule has 8 atom stereocenters. The topological polar surface area (TPSA) is 40.5 Å². The van der Waals surface area contributed by atoms with Crippen molar-refractivity contribution >= 4 is 0 Å². The van der Waals surface area contributed by atoms with E-state index < -0.39 is 0 Å². The largest absolute Gasteiger partial charge is 0.393 e. The zero-order valence-electron chi connectivity index (χ0n) is 22.3. The Kier molecular flexibility index (Phi) is 6.17. The van der Waals surface area contributed by atoms with Crippen LogP contribution in [0.2, 0.25) is 0 Å². The van der Waals surface area contributed by atoms with Crippen LogP contribution in [0.4, 0.5) is 0 Å². The van der Waals surface area contributed by atoms with Crippen LogP contribution in [0.25, 0.3) is 0 Å². The quantitative estimate of drug-likeness (QED) is 0.426. The first-order valence-electron chi connectivity index (χ1n) is 14.6. The van der Waals surface area contributed by atoms with Gasteiger partial charge < -0.3 is 10.2 Å². The summed E-state index contributed by atoms with van der Waals surface area (Å²) in [6.45, 7) is 12.4. The molecule has 2 nitrogen and oxygen atoms in total. The molecular formula is C31H52O2. The lowest BCUT2D eigenvalue weighted by Gasteiger charge is -2.59. The van der Waals surface area contributed by atoms with Crippen molar-refractivity contribution in [1.29, 1.82) is 0 Å². The molecule has 0 aromatic rings. The van der Waals surface area contributed by atoms with E-state index in [0.717, 1.165) is 55.8 Å². The number of fused-ring (bicyclic) bond motifs is 5. The van der Waals surface area contributed by atoms with Crippen LogP contribution in [0.5, 0.6) is 0 Å². The van der Waals surface area contributed by atoms with Gasteiger partial charge in [-0.2, -0.15) is 0 Å². The summed E-state index contributed by atoms with van der Waals surface area (Å²) >= 11 is 0. The lowest BCUT2D eigenvalue weighted by Crippen LogP contribution is -2.52. The Morgan fingerprint density at radius 2 is 1.61 bits per heavy atom. The minimum absolute atomic E-state index is 0.108. The highest BCUT2D eigenvalue weighted by Gasteiger charge is 2.59. The predicted octanol–water partition coefficient (Wildman–Crippen LogP) is 7.67. The number of rotatable bonds is 4. The first-order chi connectivity index (χ1) is 15.5. The molecule has 0 spiro atoms. The molecule has 4 saturated carbocycles. The highest BCUT2D eigenvalue weighted by atomic mass is 16.3. The van der Waals surface area contributed by atoms with Crippen molar-refractivity contribution in [3.05, 3.63) is 11.6 Å². The molecule has 33 heavy (non-hydrogen) atoms. The van der Waals surface area contributed by atoms with Crippen LogP contribution in [0.1, 0.15) is 125 Å². The molecule has 0 amide bonds. The summed E-state index contributed by atoms with van der Waals surface area (Å²) in [4.78, 5) is 0. The first kappa shape index (κ1) is 24.4. The SMILES string of the molecule is CC1C=C2CC(O)CCC2(C)C2CCC3(C)C(CCCC4(O)CCC(C)(C)CC4)CCC3C12. The Morgan fingerprint density at radius 1 is 0.879 bits per heavy atom. The summed E-state index contributed by atoms with van der Waals surface area (Å²) in [5.41, 5.74) is 2.48. The fraction of sp³-hybridized carbons (Fsp3) is 0.935. The molecule has 0 aliphatic heterocycles. The second-order valence-electron chi connectivity index (χ2n) is 14.8. The molecule has 4 fully saturated rings. The van der Waals surface area contributed by atoms with Crippen molar-refractivity contribution in [3.8, 4) is 0 Å². The molecule has 0 saturated heterocycles. The lowest BCUT2D eigenvalue weighted by molar-refractivity contribution is -0.0693. The molecule has 5 aliphatic carbocycles. The Hall–Kier alpha value is -0.340. The van der Waals surface area contributed by atoms with Crippen LogP contribution in [-0.2, 0) is 0 Å². The van der Waals surface area contributed by atoms with Gasteiger partial charge in [0.15, 0.2) is 0 Å². The van der Waals surface area contributed by atoms with Gasteiger partial charge in [-0.1, -0.05) is 52.7 Å². The Labute approximate surface area is 204 Å². The lowest BCUT2D eigenvalue weighted by atomic mass is 9.45. The summed E-state index contributed by atoms with van der Waals surface area (Å²) < 4.78 is 0. The van der Waals surface area contributed by atoms with Crippen molar-refractivity contribution in [3.63, 3.8) is 0 Å². The van der Waals surface area contributed by atoms with Crippen LogP contribution in [0, 0.1) is 45.8 Å². The minimum Gasteiger partial charge on any atom is -0.393 e. The predicted molar refractivity (Wildman–Crippen MR) is 137 cm³/mol. The maximum Gasteiger partial charge on any atom is 0.0648 e. The van der Waals surface area contributed by atoms with Crippen molar-refractivity contribution in [2.45, 2.75) is 136 Å². The summed E-state index contributed by atoms with van der Waals surface area (Å²) in [7, 11) is 0. The highest BCUT2D eigenvalue weighted by Crippen LogP contribution is 2.67. The van der Waals surface area contributed by atoms with E-state index in [1.54, 1.807) is 5.57 Å². The third kappa shape index (κ3) is 4.18. The second kappa shape index (κ2) is 8.36. The molecule has 5 rings (SSSR count). The Bertz CT molecular complexity index is 757. The third-order valence-electron chi connectivity index (χ3n) is 12.3. The van der Waals surface area contributed by atoms with Gasteiger partial charge in [-0.3, -0.25) is 0 Å². The summed E-state index contributed by atoms with van der Waals surface area (Å²) in [5.74, 6) is 4.05. The minimum atomic E-state index is -0.384. The Balaban J connectivity index is 1.25. The second-order valence-corrected chi connectivity index (χ2v) is 14.8. The number of hydrogen-bond acceptors (Lipinski definition) is 2. The molecule has 5 aliphatic rings. The maximum absolute atomic E-state index is 11.2. The van der Waals surface area contributed by atoms with Crippen LogP contribution < -0.4 is 0 Å². The molecular weight excluding hydrogens is 404 g/mol. The van der Waals surface area contributed by atoms with Crippen molar-refractivity contribution in [1.82, 2.24) is 0 Å². The van der Waals surface area contributed by atoms with E-state index in [0.29, 0.717) is 22.2 Å². The van der Waals surface area contributed by atoms with Crippen molar-refractivity contribution < 1.29 is 10.2 Å². The van der Waals surface area contributed by atoms with Gasteiger partial charge in [0, 0.05) is 0 Å². The molecule has 188 valence electrons.